The van der Waals surface area contributed by atoms with Gasteiger partial charge in [-0.2, -0.15) is 5.10 Å². The van der Waals surface area contributed by atoms with Crippen molar-refractivity contribution in [2.75, 3.05) is 0 Å². The molecule has 1 rings (SSSR count). The fourth-order valence-electron chi connectivity index (χ4n) is 0.687. The maximum absolute atomic E-state index is 10.6. The number of nitrogens with zero attached hydrogens (tertiary/aromatic N) is 1. The smallest absolute Gasteiger partial charge is 0.264 e. The molecule has 0 saturated carbocycles. The SMILES string of the molecule is CC(=O)NCc1ccc(=O)[nH]n1. The van der Waals surface area contributed by atoms with E-state index in [9.17, 15) is 9.59 Å². The van der Waals surface area contributed by atoms with Gasteiger partial charge in [-0.3, -0.25) is 9.59 Å². The van der Waals surface area contributed by atoms with Crippen LogP contribution in [0.5, 0.6) is 0 Å². The molecule has 0 radical (unpaired) electrons. The number of aromatic amines is 1. The zero-order valence-electron chi connectivity index (χ0n) is 6.63. The Labute approximate surface area is 68.8 Å². The molecule has 0 aliphatic heterocycles. The molecule has 0 bridgehead atoms. The molecule has 1 heterocycles. The zero-order valence-corrected chi connectivity index (χ0v) is 6.63. The Morgan fingerprint density at radius 3 is 2.92 bits per heavy atom. The van der Waals surface area contributed by atoms with Crippen LogP contribution in [-0.4, -0.2) is 16.1 Å². The van der Waals surface area contributed by atoms with Crippen LogP contribution in [0, 0.1) is 0 Å². The minimum absolute atomic E-state index is 0.122. The van der Waals surface area contributed by atoms with Crippen LogP contribution in [0.4, 0.5) is 0 Å². The average molecular weight is 167 g/mol. The summed E-state index contributed by atoms with van der Waals surface area (Å²) in [5.74, 6) is -0.122. The number of aromatic nitrogens is 2. The van der Waals surface area contributed by atoms with Crippen LogP contribution in [-0.2, 0) is 11.3 Å². The summed E-state index contributed by atoms with van der Waals surface area (Å²) in [6.45, 7) is 1.76. The molecule has 64 valence electrons. The molecular weight excluding hydrogens is 158 g/mol. The molecule has 1 amide bonds. The van der Waals surface area contributed by atoms with Crippen molar-refractivity contribution in [3.8, 4) is 0 Å². The van der Waals surface area contributed by atoms with Crippen LogP contribution in [0.15, 0.2) is 16.9 Å². The molecule has 2 N–H and O–H groups in total. The van der Waals surface area contributed by atoms with E-state index in [-0.39, 0.29) is 11.5 Å². The van der Waals surface area contributed by atoms with Crippen molar-refractivity contribution in [3.63, 3.8) is 0 Å². The van der Waals surface area contributed by atoms with E-state index in [2.05, 4.69) is 15.5 Å². The van der Waals surface area contributed by atoms with E-state index >= 15 is 0 Å². The van der Waals surface area contributed by atoms with Crippen LogP contribution in [0.2, 0.25) is 0 Å². The summed E-state index contributed by atoms with van der Waals surface area (Å²) in [5.41, 5.74) is 0.381. The molecule has 0 atom stereocenters. The second-order valence-corrected chi connectivity index (χ2v) is 2.32. The Balaban J connectivity index is 2.59. The summed E-state index contributed by atoms with van der Waals surface area (Å²) in [5, 5.41) is 8.52. The van der Waals surface area contributed by atoms with Gasteiger partial charge in [-0.15, -0.1) is 0 Å². The Bertz CT molecular complexity index is 311. The van der Waals surface area contributed by atoms with E-state index in [1.54, 1.807) is 6.07 Å². The molecule has 0 aliphatic carbocycles. The molecular formula is C7H9N3O2. The van der Waals surface area contributed by atoms with Gasteiger partial charge in [0.2, 0.25) is 5.91 Å². The first-order valence-corrected chi connectivity index (χ1v) is 3.47. The van der Waals surface area contributed by atoms with Gasteiger partial charge in [0.05, 0.1) is 12.2 Å². The summed E-state index contributed by atoms with van der Waals surface area (Å²) in [4.78, 5) is 21.0. The highest BCUT2D eigenvalue weighted by molar-refractivity contribution is 5.72. The first kappa shape index (κ1) is 8.45. The zero-order chi connectivity index (χ0) is 8.97. The molecule has 1 aromatic heterocycles. The van der Waals surface area contributed by atoms with Crippen LogP contribution in [0.25, 0.3) is 0 Å². The van der Waals surface area contributed by atoms with Crippen molar-refractivity contribution in [2.45, 2.75) is 13.5 Å². The van der Waals surface area contributed by atoms with Gasteiger partial charge in [0.15, 0.2) is 0 Å². The number of amides is 1. The standard InChI is InChI=1S/C7H9N3O2/c1-5(11)8-4-6-2-3-7(12)10-9-6/h2-3H,4H2,1H3,(H,8,11)(H,10,12). The molecule has 0 unspecified atom stereocenters. The molecule has 1 aromatic rings. The third-order valence-corrected chi connectivity index (χ3v) is 1.26. The monoisotopic (exact) mass is 167 g/mol. The first-order valence-electron chi connectivity index (χ1n) is 3.47. The lowest BCUT2D eigenvalue weighted by Gasteiger charge is -1.98. The van der Waals surface area contributed by atoms with Crippen molar-refractivity contribution in [3.05, 3.63) is 28.2 Å². The minimum atomic E-state index is -0.249. The number of hydrogen-bond donors (Lipinski definition) is 2. The number of H-pyrrole nitrogens is 1. The molecule has 0 aliphatic rings. The van der Waals surface area contributed by atoms with Gasteiger partial charge >= 0.3 is 0 Å². The Morgan fingerprint density at radius 1 is 1.67 bits per heavy atom. The van der Waals surface area contributed by atoms with Gasteiger partial charge in [0.1, 0.15) is 0 Å². The number of nitrogens with one attached hydrogen (secondary N) is 2. The molecule has 5 nitrogen and oxygen atoms in total. The van der Waals surface area contributed by atoms with E-state index < -0.39 is 0 Å². The molecule has 5 heteroatoms. The lowest BCUT2D eigenvalue weighted by molar-refractivity contribution is -0.119. The van der Waals surface area contributed by atoms with Crippen molar-refractivity contribution in [1.82, 2.24) is 15.5 Å². The summed E-state index contributed by atoms with van der Waals surface area (Å²) in [7, 11) is 0. The van der Waals surface area contributed by atoms with Crippen molar-refractivity contribution < 1.29 is 4.79 Å². The largest absolute Gasteiger partial charge is 0.351 e. The summed E-state index contributed by atoms with van der Waals surface area (Å²) >= 11 is 0. The van der Waals surface area contributed by atoms with E-state index in [0.717, 1.165) is 0 Å². The van der Waals surface area contributed by atoms with E-state index in [0.29, 0.717) is 12.2 Å². The normalized spacial score (nSPS) is 9.42. The minimum Gasteiger partial charge on any atom is -0.351 e. The van der Waals surface area contributed by atoms with Crippen LogP contribution in [0.1, 0.15) is 12.6 Å². The van der Waals surface area contributed by atoms with Crippen molar-refractivity contribution in [2.24, 2.45) is 0 Å². The molecule has 12 heavy (non-hydrogen) atoms. The maximum atomic E-state index is 10.6. The summed E-state index contributed by atoms with van der Waals surface area (Å²) < 4.78 is 0. The predicted octanol–water partition coefficient (Wildman–Crippen LogP) is -0.594. The average Bonchev–Trinajstić information content (AvgIpc) is 2.03. The Morgan fingerprint density at radius 2 is 2.42 bits per heavy atom. The highest BCUT2D eigenvalue weighted by Crippen LogP contribution is 1.86. The van der Waals surface area contributed by atoms with Gasteiger partial charge < -0.3 is 5.32 Å². The lowest BCUT2D eigenvalue weighted by atomic mass is 10.4. The van der Waals surface area contributed by atoms with Gasteiger partial charge in [0, 0.05) is 13.0 Å². The highest BCUT2D eigenvalue weighted by Gasteiger charge is 1.94. The van der Waals surface area contributed by atoms with Crippen LogP contribution < -0.4 is 10.9 Å². The van der Waals surface area contributed by atoms with Gasteiger partial charge in [-0.25, -0.2) is 5.10 Å². The number of rotatable bonds is 2. The molecule has 0 spiro atoms. The second-order valence-electron chi connectivity index (χ2n) is 2.32. The lowest BCUT2D eigenvalue weighted by Crippen LogP contribution is -2.20. The Kier molecular flexibility index (Phi) is 2.57. The predicted molar refractivity (Wildman–Crippen MR) is 42.4 cm³/mol. The Hall–Kier alpha value is -1.65. The fourth-order valence-corrected chi connectivity index (χ4v) is 0.687. The van der Waals surface area contributed by atoms with Gasteiger partial charge in [-0.05, 0) is 6.07 Å². The maximum Gasteiger partial charge on any atom is 0.264 e. The van der Waals surface area contributed by atoms with E-state index in [1.807, 2.05) is 0 Å². The quantitative estimate of drug-likeness (QED) is 0.618. The van der Waals surface area contributed by atoms with Crippen LogP contribution in [0.3, 0.4) is 0 Å². The summed E-state index contributed by atoms with van der Waals surface area (Å²) in [6.07, 6.45) is 0. The second kappa shape index (κ2) is 3.66. The summed E-state index contributed by atoms with van der Waals surface area (Å²) in [6, 6.07) is 2.93. The van der Waals surface area contributed by atoms with E-state index in [4.69, 9.17) is 0 Å². The van der Waals surface area contributed by atoms with Crippen LogP contribution >= 0.6 is 0 Å². The first-order chi connectivity index (χ1) is 5.68. The number of hydrogen-bond acceptors (Lipinski definition) is 3. The van der Waals surface area contributed by atoms with Crippen molar-refractivity contribution in [1.29, 1.82) is 0 Å². The third-order valence-electron chi connectivity index (χ3n) is 1.26. The molecule has 0 fully saturated rings. The number of carbonyl (C=O) groups is 1. The van der Waals surface area contributed by atoms with Crippen molar-refractivity contribution >= 4 is 5.91 Å². The number of carbonyl (C=O) groups excluding carboxylic acids is 1. The third kappa shape index (κ3) is 2.53. The molecule has 0 saturated heterocycles. The van der Waals surface area contributed by atoms with E-state index in [1.165, 1.54) is 13.0 Å². The van der Waals surface area contributed by atoms with Gasteiger partial charge in [-0.1, -0.05) is 0 Å². The van der Waals surface area contributed by atoms with Gasteiger partial charge in [0.25, 0.3) is 5.56 Å². The topological polar surface area (TPSA) is 74.8 Å². The fraction of sp³-hybridized carbons (Fsp3) is 0.286. The highest BCUT2D eigenvalue weighted by atomic mass is 16.1. The molecule has 0 aromatic carbocycles.